The van der Waals surface area contributed by atoms with Crippen LogP contribution in [0.1, 0.15) is 23.2 Å². The number of rotatable bonds is 3. The minimum Gasteiger partial charge on any atom is -0.478 e. The average molecular weight is 302 g/mol. The zero-order valence-electron chi connectivity index (χ0n) is 13.3. The van der Waals surface area contributed by atoms with E-state index in [-0.39, 0.29) is 5.56 Å². The molecule has 0 bridgehead atoms. The molecule has 1 saturated heterocycles. The van der Waals surface area contributed by atoms with E-state index in [1.54, 1.807) is 12.1 Å². The zero-order chi connectivity index (χ0) is 15.9. The molecule has 0 radical (unpaired) electrons. The number of imidazole rings is 1. The van der Waals surface area contributed by atoms with E-state index in [0.29, 0.717) is 11.6 Å². The van der Waals surface area contributed by atoms with E-state index in [2.05, 4.69) is 28.9 Å². The molecule has 1 N–H and O–H groups in total. The highest BCUT2D eigenvalue weighted by Crippen LogP contribution is 2.26. The minimum atomic E-state index is -0.929. The molecule has 1 aliphatic rings. The summed E-state index contributed by atoms with van der Waals surface area (Å²) < 4.78 is 2.00. The maximum absolute atomic E-state index is 11.4. The van der Waals surface area contributed by atoms with Crippen LogP contribution in [0.3, 0.4) is 0 Å². The molecule has 1 aromatic carbocycles. The average Bonchev–Trinajstić information content (AvgIpc) is 2.84. The summed E-state index contributed by atoms with van der Waals surface area (Å²) in [6.07, 6.45) is 2.20. The maximum Gasteiger partial charge on any atom is 0.337 e. The number of hydrogen-bond donors (Lipinski definition) is 1. The van der Waals surface area contributed by atoms with Gasteiger partial charge in [0.05, 0.1) is 11.1 Å². The number of carboxylic acid groups (broad SMARTS) is 1. The van der Waals surface area contributed by atoms with Crippen molar-refractivity contribution < 1.29 is 9.90 Å². The molecular formula is C16H22N4O2. The smallest absolute Gasteiger partial charge is 0.337 e. The molecule has 1 aromatic heterocycles. The van der Waals surface area contributed by atoms with Gasteiger partial charge in [0.2, 0.25) is 5.95 Å². The number of aromatic nitrogens is 2. The molecule has 0 aliphatic carbocycles. The van der Waals surface area contributed by atoms with Gasteiger partial charge < -0.3 is 19.5 Å². The van der Waals surface area contributed by atoms with Gasteiger partial charge in [-0.15, -0.1) is 0 Å². The van der Waals surface area contributed by atoms with Crippen LogP contribution in [-0.2, 0) is 7.05 Å². The van der Waals surface area contributed by atoms with E-state index in [0.717, 1.165) is 37.4 Å². The van der Waals surface area contributed by atoms with Crippen LogP contribution in [0.25, 0.3) is 11.0 Å². The highest BCUT2D eigenvalue weighted by molar-refractivity contribution is 6.01. The Morgan fingerprint density at radius 1 is 1.32 bits per heavy atom. The van der Waals surface area contributed by atoms with Gasteiger partial charge in [0.15, 0.2) is 0 Å². The van der Waals surface area contributed by atoms with Crippen molar-refractivity contribution in [2.24, 2.45) is 7.05 Å². The number of benzene rings is 1. The van der Waals surface area contributed by atoms with Gasteiger partial charge in [0, 0.05) is 26.2 Å². The summed E-state index contributed by atoms with van der Waals surface area (Å²) in [5.41, 5.74) is 1.70. The molecule has 6 nitrogen and oxygen atoms in total. The van der Waals surface area contributed by atoms with Crippen molar-refractivity contribution in [2.75, 3.05) is 32.1 Å². The van der Waals surface area contributed by atoms with E-state index in [4.69, 9.17) is 0 Å². The number of hydrogen-bond acceptors (Lipinski definition) is 4. The lowest BCUT2D eigenvalue weighted by Gasteiger charge is -2.35. The Kier molecular flexibility index (Phi) is 3.78. The third-order valence-electron chi connectivity index (χ3n) is 4.60. The fraction of sp³-hybridized carbons (Fsp3) is 0.500. The summed E-state index contributed by atoms with van der Waals surface area (Å²) >= 11 is 0. The third kappa shape index (κ3) is 2.43. The Balaban J connectivity index is 1.94. The second kappa shape index (κ2) is 5.61. The van der Waals surface area contributed by atoms with Gasteiger partial charge in [-0.2, -0.15) is 0 Å². The molecule has 118 valence electrons. The molecule has 0 unspecified atom stereocenters. The fourth-order valence-corrected chi connectivity index (χ4v) is 3.24. The Morgan fingerprint density at radius 3 is 2.59 bits per heavy atom. The fourth-order valence-electron chi connectivity index (χ4n) is 3.24. The number of anilines is 1. The summed E-state index contributed by atoms with van der Waals surface area (Å²) in [4.78, 5) is 20.5. The number of nitrogens with zero attached hydrogens (tertiary/aromatic N) is 4. The molecule has 2 heterocycles. The number of aromatic carboxylic acids is 1. The van der Waals surface area contributed by atoms with Crippen LogP contribution in [0.4, 0.5) is 5.95 Å². The van der Waals surface area contributed by atoms with Gasteiger partial charge in [-0.25, -0.2) is 9.78 Å². The third-order valence-corrected chi connectivity index (χ3v) is 4.60. The number of para-hydroxylation sites is 1. The van der Waals surface area contributed by atoms with Crippen LogP contribution in [0, 0.1) is 0 Å². The van der Waals surface area contributed by atoms with Crippen LogP contribution in [0.5, 0.6) is 0 Å². The molecule has 6 heteroatoms. The first-order chi connectivity index (χ1) is 10.5. The molecule has 1 fully saturated rings. The molecule has 2 aromatic rings. The first kappa shape index (κ1) is 14.8. The lowest BCUT2D eigenvalue weighted by molar-refractivity contribution is 0.0699. The van der Waals surface area contributed by atoms with E-state index < -0.39 is 5.97 Å². The van der Waals surface area contributed by atoms with Crippen LogP contribution in [-0.4, -0.2) is 58.8 Å². The summed E-state index contributed by atoms with van der Waals surface area (Å²) in [5, 5.41) is 9.32. The monoisotopic (exact) mass is 302 g/mol. The van der Waals surface area contributed by atoms with E-state index in [1.807, 2.05) is 17.7 Å². The number of piperidine rings is 1. The lowest BCUT2D eigenvalue weighted by Crippen LogP contribution is -2.42. The van der Waals surface area contributed by atoms with E-state index in [9.17, 15) is 9.90 Å². The first-order valence-electron chi connectivity index (χ1n) is 7.59. The van der Waals surface area contributed by atoms with Crippen molar-refractivity contribution in [3.05, 3.63) is 23.8 Å². The Morgan fingerprint density at radius 2 is 2.00 bits per heavy atom. The maximum atomic E-state index is 11.4. The van der Waals surface area contributed by atoms with Crippen molar-refractivity contribution in [3.63, 3.8) is 0 Å². The topological polar surface area (TPSA) is 61.6 Å². The quantitative estimate of drug-likeness (QED) is 0.937. The van der Waals surface area contributed by atoms with Gasteiger partial charge in [-0.05, 0) is 39.1 Å². The van der Waals surface area contributed by atoms with Gasteiger partial charge in [-0.1, -0.05) is 6.07 Å². The molecule has 0 atom stereocenters. The Labute approximate surface area is 130 Å². The molecule has 0 spiro atoms. The minimum absolute atomic E-state index is 0.266. The van der Waals surface area contributed by atoms with Crippen molar-refractivity contribution in [2.45, 2.75) is 18.9 Å². The van der Waals surface area contributed by atoms with Crippen molar-refractivity contribution >= 4 is 23.0 Å². The summed E-state index contributed by atoms with van der Waals surface area (Å²) in [5.74, 6) is -0.0672. The second-order valence-electron chi connectivity index (χ2n) is 6.13. The first-order valence-corrected chi connectivity index (χ1v) is 7.59. The van der Waals surface area contributed by atoms with Crippen LogP contribution in [0.15, 0.2) is 18.2 Å². The molecule has 0 amide bonds. The zero-order valence-corrected chi connectivity index (χ0v) is 13.3. The molecule has 22 heavy (non-hydrogen) atoms. The van der Waals surface area contributed by atoms with Crippen molar-refractivity contribution in [1.82, 2.24) is 14.5 Å². The van der Waals surface area contributed by atoms with E-state index >= 15 is 0 Å². The van der Waals surface area contributed by atoms with E-state index in [1.165, 1.54) is 0 Å². The van der Waals surface area contributed by atoms with Crippen molar-refractivity contribution in [3.8, 4) is 0 Å². The number of carboxylic acids is 1. The van der Waals surface area contributed by atoms with Crippen molar-refractivity contribution in [1.29, 1.82) is 0 Å². The second-order valence-corrected chi connectivity index (χ2v) is 6.13. The molecule has 3 rings (SSSR count). The molecule has 1 aliphatic heterocycles. The predicted octanol–water partition coefficient (Wildman–Crippen LogP) is 1.80. The summed E-state index contributed by atoms with van der Waals surface area (Å²) in [6.45, 7) is 1.89. The lowest BCUT2D eigenvalue weighted by atomic mass is 10.0. The van der Waals surface area contributed by atoms with Crippen LogP contribution < -0.4 is 4.90 Å². The Hall–Kier alpha value is -2.08. The largest absolute Gasteiger partial charge is 0.478 e. The Bertz CT molecular complexity index is 699. The molecule has 0 saturated carbocycles. The SMILES string of the molecule is CN(C)C1CCN(c2nc3c(C(=O)O)cccc3n2C)CC1. The number of fused-ring (bicyclic) bond motifs is 1. The number of carbonyl (C=O) groups is 1. The highest BCUT2D eigenvalue weighted by Gasteiger charge is 2.24. The van der Waals surface area contributed by atoms with Crippen LogP contribution in [0.2, 0.25) is 0 Å². The molecular weight excluding hydrogens is 280 g/mol. The number of aryl methyl sites for hydroxylation is 1. The summed E-state index contributed by atoms with van der Waals surface area (Å²) in [6, 6.07) is 5.92. The normalized spacial score (nSPS) is 16.6. The predicted molar refractivity (Wildman–Crippen MR) is 86.6 cm³/mol. The summed E-state index contributed by atoms with van der Waals surface area (Å²) in [7, 11) is 6.19. The van der Waals surface area contributed by atoms with Gasteiger partial charge in [0.25, 0.3) is 0 Å². The van der Waals surface area contributed by atoms with Gasteiger partial charge in [-0.3, -0.25) is 0 Å². The highest BCUT2D eigenvalue weighted by atomic mass is 16.4. The van der Waals surface area contributed by atoms with Gasteiger partial charge in [0.1, 0.15) is 5.52 Å². The standard InChI is InChI=1S/C16H22N4O2/c1-18(2)11-7-9-20(10-8-11)16-17-14-12(15(21)22)5-4-6-13(14)19(16)3/h4-6,11H,7-10H2,1-3H3,(H,21,22). The van der Waals surface area contributed by atoms with Gasteiger partial charge >= 0.3 is 5.97 Å². The van der Waals surface area contributed by atoms with Crippen LogP contribution >= 0.6 is 0 Å².